The van der Waals surface area contributed by atoms with Gasteiger partial charge in [0.05, 0.1) is 17.5 Å². The molecule has 0 aliphatic carbocycles. The van der Waals surface area contributed by atoms with Crippen LogP contribution in [0.25, 0.3) is 22.3 Å². The van der Waals surface area contributed by atoms with E-state index in [4.69, 9.17) is 5.73 Å². The first kappa shape index (κ1) is 16.3. The molecular formula is C19H20N5O2+. The van der Waals surface area contributed by atoms with Gasteiger partial charge in [0.2, 0.25) is 17.9 Å². The average Bonchev–Trinajstić information content (AvgIpc) is 3.16. The number of benzene rings is 1. The molecule has 4 N–H and O–H groups in total. The molecule has 26 heavy (non-hydrogen) atoms. The van der Waals surface area contributed by atoms with Gasteiger partial charge in [-0.25, -0.2) is 4.98 Å². The number of likely N-dealkylation sites (tertiary alicyclic amines) is 1. The fraction of sp³-hybridized carbons (Fsp3) is 0.263. The molecule has 2 amide bonds. The highest BCUT2D eigenvalue weighted by Crippen LogP contribution is 2.25. The molecule has 0 saturated carbocycles. The summed E-state index contributed by atoms with van der Waals surface area (Å²) in [7, 11) is 0. The van der Waals surface area contributed by atoms with Crippen molar-refractivity contribution in [2.45, 2.75) is 12.8 Å². The van der Waals surface area contributed by atoms with Crippen molar-refractivity contribution < 1.29 is 14.6 Å². The van der Waals surface area contributed by atoms with Crippen LogP contribution in [0.4, 0.5) is 0 Å². The monoisotopic (exact) mass is 350 g/mol. The molecule has 0 unspecified atom stereocenters. The molecule has 0 spiro atoms. The van der Waals surface area contributed by atoms with E-state index in [-0.39, 0.29) is 17.7 Å². The molecule has 1 saturated heterocycles. The fourth-order valence-electron chi connectivity index (χ4n) is 3.52. The molecule has 1 aromatic carbocycles. The number of nitrogens with two attached hydrogens (primary N) is 1. The van der Waals surface area contributed by atoms with Crippen LogP contribution < -0.4 is 10.7 Å². The van der Waals surface area contributed by atoms with E-state index in [1.807, 2.05) is 30.5 Å². The Hall–Kier alpha value is -3.22. The van der Waals surface area contributed by atoms with E-state index in [0.29, 0.717) is 18.7 Å². The number of nitrogens with one attached hydrogen (secondary N) is 2. The zero-order valence-electron chi connectivity index (χ0n) is 14.2. The van der Waals surface area contributed by atoms with Gasteiger partial charge in [-0.2, -0.15) is 0 Å². The van der Waals surface area contributed by atoms with Gasteiger partial charge in [0.15, 0.2) is 5.69 Å². The Morgan fingerprint density at radius 1 is 1.31 bits per heavy atom. The summed E-state index contributed by atoms with van der Waals surface area (Å²) in [5.74, 6) is -0.678. The molecule has 0 radical (unpaired) electrons. The maximum Gasteiger partial charge on any atom is 0.253 e. The molecule has 7 nitrogen and oxygen atoms in total. The Kier molecular flexibility index (Phi) is 4.12. The summed E-state index contributed by atoms with van der Waals surface area (Å²) in [6.45, 7) is 1.03. The van der Waals surface area contributed by atoms with Crippen molar-refractivity contribution >= 4 is 22.8 Å². The van der Waals surface area contributed by atoms with Crippen LogP contribution in [0.3, 0.4) is 0 Å². The second-order valence-electron chi connectivity index (χ2n) is 6.59. The van der Waals surface area contributed by atoms with Crippen LogP contribution in [-0.2, 0) is 4.79 Å². The lowest BCUT2D eigenvalue weighted by molar-refractivity contribution is -0.352. The summed E-state index contributed by atoms with van der Waals surface area (Å²) >= 11 is 0. The number of rotatable bonds is 3. The standard InChI is InChI=1S/C19H19N5O2/c20-17(25)14-5-2-8-24(10-14)19(26)13-4-1-3-12(9-13)16-15-6-7-21-18(15)23-11-22-16/h1,3-4,6-7,9,11,14H,2,5,8,10H2,(H2,20,25)(H,21,22,23)/p+1/t14-/m0/s1. The van der Waals surface area contributed by atoms with Crippen LogP contribution in [-0.4, -0.2) is 39.8 Å². The summed E-state index contributed by atoms with van der Waals surface area (Å²) < 4.78 is 0. The molecule has 7 heteroatoms. The zero-order valence-corrected chi connectivity index (χ0v) is 14.2. The number of carbonyl (C=O) groups excluding carboxylic acids is 2. The second kappa shape index (κ2) is 6.59. The quantitative estimate of drug-likeness (QED) is 0.745. The number of primary amides is 1. The van der Waals surface area contributed by atoms with Crippen molar-refractivity contribution in [3.8, 4) is 11.3 Å². The summed E-state index contributed by atoms with van der Waals surface area (Å²) in [6, 6.07) is 9.39. The molecule has 4 rings (SSSR count). The van der Waals surface area contributed by atoms with Gasteiger partial charge in [-0.1, -0.05) is 12.1 Å². The number of carbonyl (C=O) groups is 2. The van der Waals surface area contributed by atoms with Gasteiger partial charge in [-0.3, -0.25) is 14.6 Å². The van der Waals surface area contributed by atoms with Crippen LogP contribution >= 0.6 is 0 Å². The zero-order chi connectivity index (χ0) is 18.1. The van der Waals surface area contributed by atoms with Crippen LogP contribution in [0.2, 0.25) is 0 Å². The van der Waals surface area contributed by atoms with Crippen molar-refractivity contribution in [2.24, 2.45) is 11.7 Å². The van der Waals surface area contributed by atoms with Crippen molar-refractivity contribution in [1.82, 2.24) is 14.9 Å². The normalized spacial score (nSPS) is 17.4. The Bertz CT molecular complexity index is 981. The largest absolute Gasteiger partial charge is 0.369 e. The number of amides is 2. The topological polar surface area (TPSA) is 106 Å². The summed E-state index contributed by atoms with van der Waals surface area (Å²) in [4.78, 5) is 36.7. The van der Waals surface area contributed by atoms with Crippen molar-refractivity contribution in [1.29, 1.82) is 0 Å². The number of nitrogens with zero attached hydrogens (tertiary/aromatic N) is 2. The minimum Gasteiger partial charge on any atom is -0.369 e. The van der Waals surface area contributed by atoms with Crippen molar-refractivity contribution in [3.63, 3.8) is 0 Å². The lowest BCUT2D eigenvalue weighted by Gasteiger charge is -2.31. The van der Waals surface area contributed by atoms with E-state index in [0.717, 1.165) is 35.1 Å². The van der Waals surface area contributed by atoms with Crippen LogP contribution in [0.15, 0.2) is 42.9 Å². The molecule has 2 aromatic heterocycles. The van der Waals surface area contributed by atoms with Gasteiger partial charge in [0, 0.05) is 24.2 Å². The van der Waals surface area contributed by atoms with Gasteiger partial charge < -0.3 is 10.6 Å². The highest BCUT2D eigenvalue weighted by Gasteiger charge is 2.27. The summed E-state index contributed by atoms with van der Waals surface area (Å²) in [6.07, 6.45) is 5.01. The minimum absolute atomic E-state index is 0.0781. The molecule has 1 atom stereocenters. The number of fused-ring (bicyclic) bond motifs is 1. The molecule has 132 valence electrons. The van der Waals surface area contributed by atoms with E-state index in [1.54, 1.807) is 17.3 Å². The third-order valence-electron chi connectivity index (χ3n) is 4.90. The minimum atomic E-state index is -0.337. The Balaban J connectivity index is 1.64. The van der Waals surface area contributed by atoms with E-state index in [2.05, 4.69) is 15.0 Å². The van der Waals surface area contributed by atoms with E-state index >= 15 is 0 Å². The maximum absolute atomic E-state index is 12.9. The summed E-state index contributed by atoms with van der Waals surface area (Å²) in [5, 5.41) is 0.962. The predicted molar refractivity (Wildman–Crippen MR) is 95.9 cm³/mol. The highest BCUT2D eigenvalue weighted by atomic mass is 16.2. The first-order chi connectivity index (χ1) is 12.6. The number of aromatic nitrogens is 3. The van der Waals surface area contributed by atoms with Gasteiger partial charge in [-0.05, 0) is 31.0 Å². The van der Waals surface area contributed by atoms with Crippen molar-refractivity contribution in [3.05, 3.63) is 48.4 Å². The first-order valence-corrected chi connectivity index (χ1v) is 8.66. The van der Waals surface area contributed by atoms with Gasteiger partial charge in [0.25, 0.3) is 5.91 Å². The second-order valence-corrected chi connectivity index (χ2v) is 6.59. The van der Waals surface area contributed by atoms with Crippen LogP contribution in [0, 0.1) is 5.92 Å². The predicted octanol–water partition coefficient (Wildman–Crippen LogP) is 1.38. The van der Waals surface area contributed by atoms with E-state index in [9.17, 15) is 9.59 Å². The first-order valence-electron chi connectivity index (χ1n) is 8.66. The molecule has 1 aliphatic rings. The Labute approximate surface area is 150 Å². The average molecular weight is 350 g/mol. The third-order valence-corrected chi connectivity index (χ3v) is 4.90. The van der Waals surface area contributed by atoms with Crippen LogP contribution in [0.5, 0.6) is 0 Å². The SMILES string of the molecule is NC(=O)[C@H]1CCCN(C(=O)c2cccc(-c3nc[nH+]c4[nH]ccc34)c2)C1. The number of aromatic amines is 2. The van der Waals surface area contributed by atoms with Gasteiger partial charge in [0.1, 0.15) is 0 Å². The maximum atomic E-state index is 12.9. The lowest BCUT2D eigenvalue weighted by Crippen LogP contribution is -2.44. The van der Waals surface area contributed by atoms with Crippen molar-refractivity contribution in [2.75, 3.05) is 13.1 Å². The molecule has 0 bridgehead atoms. The number of hydrogen-bond donors (Lipinski definition) is 2. The molecule has 3 heterocycles. The highest BCUT2D eigenvalue weighted by molar-refractivity contribution is 5.97. The van der Waals surface area contributed by atoms with E-state index in [1.165, 1.54) is 0 Å². The van der Waals surface area contributed by atoms with Gasteiger partial charge in [-0.15, -0.1) is 4.98 Å². The van der Waals surface area contributed by atoms with E-state index < -0.39 is 0 Å². The fourth-order valence-corrected chi connectivity index (χ4v) is 3.52. The Morgan fingerprint density at radius 2 is 2.19 bits per heavy atom. The molecule has 1 aliphatic heterocycles. The lowest BCUT2D eigenvalue weighted by atomic mass is 9.96. The molecule has 3 aromatic rings. The smallest absolute Gasteiger partial charge is 0.253 e. The Morgan fingerprint density at radius 3 is 3.04 bits per heavy atom. The van der Waals surface area contributed by atoms with Crippen LogP contribution in [0.1, 0.15) is 23.2 Å². The van der Waals surface area contributed by atoms with Gasteiger partial charge >= 0.3 is 0 Å². The molecule has 1 fully saturated rings. The number of hydrogen-bond acceptors (Lipinski definition) is 3. The summed E-state index contributed by atoms with van der Waals surface area (Å²) in [5.41, 5.74) is 8.57. The number of piperidine rings is 1. The third kappa shape index (κ3) is 2.92. The molecular weight excluding hydrogens is 330 g/mol. The number of H-pyrrole nitrogens is 2.